The van der Waals surface area contributed by atoms with Gasteiger partial charge in [0, 0.05) is 10.2 Å². The number of benzene rings is 1. The van der Waals surface area contributed by atoms with Crippen molar-refractivity contribution in [2.45, 2.75) is 45.1 Å². The highest BCUT2D eigenvalue weighted by Crippen LogP contribution is 2.26. The Labute approximate surface area is 117 Å². The van der Waals surface area contributed by atoms with Crippen molar-refractivity contribution in [3.05, 3.63) is 28.7 Å². The minimum Gasteiger partial charge on any atom is -0.371 e. The van der Waals surface area contributed by atoms with Gasteiger partial charge >= 0.3 is 0 Å². The van der Waals surface area contributed by atoms with Crippen LogP contribution in [0.2, 0.25) is 0 Å². The van der Waals surface area contributed by atoms with Gasteiger partial charge in [-0.05, 0) is 31.0 Å². The van der Waals surface area contributed by atoms with Gasteiger partial charge in [0.05, 0.1) is 0 Å². The number of anilines is 1. The van der Waals surface area contributed by atoms with Crippen LogP contribution < -0.4 is 11.1 Å². The van der Waals surface area contributed by atoms with Gasteiger partial charge in [0.15, 0.2) is 0 Å². The van der Waals surface area contributed by atoms with E-state index >= 15 is 0 Å². The second kappa shape index (κ2) is 6.78. The molecule has 0 fully saturated rings. The van der Waals surface area contributed by atoms with E-state index in [0.29, 0.717) is 0 Å². The SMILES string of the molecule is CCCC(CCC)(Nc1cccc(Br)c1)C(N)=O. The molecule has 0 aliphatic heterocycles. The third kappa shape index (κ3) is 3.73. The van der Waals surface area contributed by atoms with Gasteiger partial charge in [-0.1, -0.05) is 48.7 Å². The first-order valence-electron chi connectivity index (χ1n) is 6.37. The maximum absolute atomic E-state index is 11.8. The van der Waals surface area contributed by atoms with Gasteiger partial charge < -0.3 is 11.1 Å². The molecule has 0 radical (unpaired) electrons. The van der Waals surface area contributed by atoms with Crippen LogP contribution in [0.15, 0.2) is 28.7 Å². The van der Waals surface area contributed by atoms with E-state index < -0.39 is 5.54 Å². The maximum atomic E-state index is 11.8. The van der Waals surface area contributed by atoms with E-state index in [-0.39, 0.29) is 5.91 Å². The van der Waals surface area contributed by atoms with Crippen LogP contribution in [0.3, 0.4) is 0 Å². The summed E-state index contributed by atoms with van der Waals surface area (Å²) in [4.78, 5) is 11.8. The Bertz CT molecular complexity index is 401. The lowest BCUT2D eigenvalue weighted by Gasteiger charge is -2.32. The second-order valence-corrected chi connectivity index (χ2v) is 5.50. The largest absolute Gasteiger partial charge is 0.371 e. The maximum Gasteiger partial charge on any atom is 0.243 e. The predicted molar refractivity (Wildman–Crippen MR) is 79.5 cm³/mol. The Morgan fingerprint density at radius 2 is 1.94 bits per heavy atom. The lowest BCUT2D eigenvalue weighted by molar-refractivity contribution is -0.122. The molecule has 1 aromatic carbocycles. The number of carbonyl (C=O) groups is 1. The van der Waals surface area contributed by atoms with E-state index in [9.17, 15) is 4.79 Å². The Morgan fingerprint density at radius 1 is 1.33 bits per heavy atom. The van der Waals surface area contributed by atoms with Gasteiger partial charge in [-0.2, -0.15) is 0 Å². The number of carbonyl (C=O) groups excluding carboxylic acids is 1. The molecule has 0 saturated carbocycles. The fourth-order valence-corrected chi connectivity index (χ4v) is 2.65. The highest BCUT2D eigenvalue weighted by molar-refractivity contribution is 9.10. The summed E-state index contributed by atoms with van der Waals surface area (Å²) in [6.45, 7) is 4.13. The van der Waals surface area contributed by atoms with Crippen molar-refractivity contribution in [2.75, 3.05) is 5.32 Å². The zero-order valence-corrected chi connectivity index (χ0v) is 12.6. The molecule has 1 aromatic rings. The van der Waals surface area contributed by atoms with Crippen LogP contribution >= 0.6 is 15.9 Å². The van der Waals surface area contributed by atoms with Crippen LogP contribution in [-0.4, -0.2) is 11.4 Å². The van der Waals surface area contributed by atoms with E-state index in [1.807, 2.05) is 24.3 Å². The van der Waals surface area contributed by atoms with E-state index in [1.165, 1.54) is 0 Å². The number of nitrogens with two attached hydrogens (primary N) is 1. The number of primary amides is 1. The summed E-state index contributed by atoms with van der Waals surface area (Å²) in [5.74, 6) is -0.272. The summed E-state index contributed by atoms with van der Waals surface area (Å²) in [5, 5.41) is 3.33. The number of amides is 1. The van der Waals surface area contributed by atoms with Crippen molar-refractivity contribution >= 4 is 27.5 Å². The molecular formula is C14H21BrN2O. The summed E-state index contributed by atoms with van der Waals surface area (Å²) >= 11 is 3.43. The fraction of sp³-hybridized carbons (Fsp3) is 0.500. The summed E-state index contributed by atoms with van der Waals surface area (Å²) in [5.41, 5.74) is 5.90. The van der Waals surface area contributed by atoms with Gasteiger partial charge in [-0.15, -0.1) is 0 Å². The minimum atomic E-state index is -0.635. The molecule has 0 unspecified atom stereocenters. The molecular weight excluding hydrogens is 292 g/mol. The van der Waals surface area contributed by atoms with Gasteiger partial charge in [0.25, 0.3) is 0 Å². The van der Waals surface area contributed by atoms with E-state index in [0.717, 1.165) is 35.8 Å². The predicted octanol–water partition coefficient (Wildman–Crippen LogP) is 3.69. The van der Waals surface area contributed by atoms with Crippen LogP contribution in [0.5, 0.6) is 0 Å². The molecule has 4 heteroatoms. The number of hydrogen-bond donors (Lipinski definition) is 2. The van der Waals surface area contributed by atoms with E-state index in [4.69, 9.17) is 5.73 Å². The van der Waals surface area contributed by atoms with Crippen molar-refractivity contribution in [3.8, 4) is 0 Å². The number of hydrogen-bond acceptors (Lipinski definition) is 2. The Kier molecular flexibility index (Phi) is 5.66. The molecule has 0 saturated heterocycles. The molecule has 0 heterocycles. The molecule has 0 aliphatic rings. The normalized spacial score (nSPS) is 11.3. The highest BCUT2D eigenvalue weighted by Gasteiger charge is 2.34. The van der Waals surface area contributed by atoms with Crippen molar-refractivity contribution in [1.29, 1.82) is 0 Å². The molecule has 0 spiro atoms. The Balaban J connectivity index is 2.99. The van der Waals surface area contributed by atoms with Crippen molar-refractivity contribution in [1.82, 2.24) is 0 Å². The van der Waals surface area contributed by atoms with Gasteiger partial charge in [0.1, 0.15) is 5.54 Å². The minimum absolute atomic E-state index is 0.272. The first kappa shape index (κ1) is 15.0. The zero-order valence-electron chi connectivity index (χ0n) is 11.0. The molecule has 1 rings (SSSR count). The van der Waals surface area contributed by atoms with Crippen molar-refractivity contribution < 1.29 is 4.79 Å². The zero-order chi connectivity index (χ0) is 13.6. The average Bonchev–Trinajstić information content (AvgIpc) is 2.29. The Morgan fingerprint density at radius 3 is 2.39 bits per heavy atom. The first-order valence-corrected chi connectivity index (χ1v) is 7.17. The summed E-state index contributed by atoms with van der Waals surface area (Å²) in [6.07, 6.45) is 3.35. The van der Waals surface area contributed by atoms with E-state index in [2.05, 4.69) is 35.1 Å². The van der Waals surface area contributed by atoms with Crippen LogP contribution in [0.25, 0.3) is 0 Å². The number of nitrogens with one attached hydrogen (secondary N) is 1. The lowest BCUT2D eigenvalue weighted by Crippen LogP contribution is -2.50. The quantitative estimate of drug-likeness (QED) is 0.806. The summed E-state index contributed by atoms with van der Waals surface area (Å²) in [6, 6.07) is 7.81. The smallest absolute Gasteiger partial charge is 0.243 e. The molecule has 3 N–H and O–H groups in total. The standard InChI is InChI=1S/C14H21BrN2O/c1-3-8-14(9-4-2,13(16)18)17-12-7-5-6-11(15)10-12/h5-7,10,17H,3-4,8-9H2,1-2H3,(H2,16,18). The third-order valence-corrected chi connectivity index (χ3v) is 3.53. The monoisotopic (exact) mass is 312 g/mol. The van der Waals surface area contributed by atoms with Crippen LogP contribution in [-0.2, 0) is 4.79 Å². The molecule has 0 bridgehead atoms. The molecule has 3 nitrogen and oxygen atoms in total. The number of halogens is 1. The molecule has 100 valence electrons. The molecule has 0 atom stereocenters. The van der Waals surface area contributed by atoms with Crippen molar-refractivity contribution in [2.24, 2.45) is 5.73 Å². The van der Waals surface area contributed by atoms with Crippen molar-refractivity contribution in [3.63, 3.8) is 0 Å². The van der Waals surface area contributed by atoms with Gasteiger partial charge in [0.2, 0.25) is 5.91 Å². The molecule has 0 aliphatic carbocycles. The molecule has 0 aromatic heterocycles. The van der Waals surface area contributed by atoms with Crippen LogP contribution in [0, 0.1) is 0 Å². The van der Waals surface area contributed by atoms with Crippen LogP contribution in [0.1, 0.15) is 39.5 Å². The first-order chi connectivity index (χ1) is 8.54. The van der Waals surface area contributed by atoms with Crippen LogP contribution in [0.4, 0.5) is 5.69 Å². The summed E-state index contributed by atoms with van der Waals surface area (Å²) in [7, 11) is 0. The lowest BCUT2D eigenvalue weighted by atomic mass is 9.87. The second-order valence-electron chi connectivity index (χ2n) is 4.58. The topological polar surface area (TPSA) is 55.1 Å². The highest BCUT2D eigenvalue weighted by atomic mass is 79.9. The number of rotatable bonds is 7. The fourth-order valence-electron chi connectivity index (χ4n) is 2.25. The third-order valence-electron chi connectivity index (χ3n) is 3.03. The van der Waals surface area contributed by atoms with E-state index in [1.54, 1.807) is 0 Å². The Hall–Kier alpha value is -1.03. The average molecular weight is 313 g/mol. The molecule has 18 heavy (non-hydrogen) atoms. The molecule has 1 amide bonds. The van der Waals surface area contributed by atoms with Gasteiger partial charge in [-0.3, -0.25) is 4.79 Å². The summed E-state index contributed by atoms with van der Waals surface area (Å²) < 4.78 is 0.985. The van der Waals surface area contributed by atoms with Gasteiger partial charge in [-0.25, -0.2) is 0 Å².